The molecule has 0 aliphatic carbocycles. The zero-order valence-electron chi connectivity index (χ0n) is 19.2. The average Bonchev–Trinajstić information content (AvgIpc) is 3.10. The summed E-state index contributed by atoms with van der Waals surface area (Å²) >= 11 is 12.5. The van der Waals surface area contributed by atoms with E-state index < -0.39 is 5.60 Å². The van der Waals surface area contributed by atoms with E-state index in [-0.39, 0.29) is 12.1 Å². The number of halogens is 2. The fourth-order valence-corrected chi connectivity index (χ4v) is 4.51. The molecule has 1 fully saturated rings. The van der Waals surface area contributed by atoms with E-state index in [1.807, 2.05) is 61.7 Å². The van der Waals surface area contributed by atoms with Crippen molar-refractivity contribution in [3.05, 3.63) is 58.1 Å². The van der Waals surface area contributed by atoms with Crippen molar-refractivity contribution >= 4 is 40.3 Å². The second-order valence-electron chi connectivity index (χ2n) is 9.34. The fraction of sp³-hybridized carbons (Fsp3) is 0.440. The van der Waals surface area contributed by atoms with Crippen molar-refractivity contribution in [1.29, 1.82) is 0 Å². The molecule has 0 N–H and O–H groups in total. The number of imidazole rings is 1. The summed E-state index contributed by atoms with van der Waals surface area (Å²) in [7, 11) is 0. The summed E-state index contributed by atoms with van der Waals surface area (Å²) in [5, 5.41) is 1.19. The first kappa shape index (κ1) is 23.7. The highest BCUT2D eigenvalue weighted by molar-refractivity contribution is 6.35. The molecule has 0 spiro atoms. The third-order valence-electron chi connectivity index (χ3n) is 5.62. The van der Waals surface area contributed by atoms with Crippen molar-refractivity contribution in [2.45, 2.75) is 58.2 Å². The number of nitrogens with zero attached hydrogens (tertiary/aromatic N) is 3. The number of benzene rings is 2. The van der Waals surface area contributed by atoms with Crippen LogP contribution in [-0.2, 0) is 11.3 Å². The van der Waals surface area contributed by atoms with Gasteiger partial charge >= 0.3 is 6.09 Å². The minimum Gasteiger partial charge on any atom is -0.462 e. The van der Waals surface area contributed by atoms with Gasteiger partial charge in [0.25, 0.3) is 6.01 Å². The Hall–Kier alpha value is -2.44. The van der Waals surface area contributed by atoms with E-state index in [4.69, 9.17) is 37.7 Å². The van der Waals surface area contributed by atoms with E-state index >= 15 is 0 Å². The van der Waals surface area contributed by atoms with E-state index in [2.05, 4.69) is 0 Å². The van der Waals surface area contributed by atoms with Crippen LogP contribution in [-0.4, -0.2) is 45.3 Å². The molecular weight excluding hydrogens is 461 g/mol. The average molecular weight is 490 g/mol. The first-order valence-corrected chi connectivity index (χ1v) is 12.0. The quantitative estimate of drug-likeness (QED) is 0.407. The van der Waals surface area contributed by atoms with Crippen LogP contribution in [0.2, 0.25) is 10.0 Å². The van der Waals surface area contributed by atoms with Gasteiger partial charge in [-0.1, -0.05) is 41.4 Å². The van der Waals surface area contributed by atoms with Gasteiger partial charge in [-0.15, -0.1) is 0 Å². The third-order valence-corrected chi connectivity index (χ3v) is 6.21. The smallest absolute Gasteiger partial charge is 0.410 e. The van der Waals surface area contributed by atoms with Crippen LogP contribution in [0.5, 0.6) is 6.01 Å². The number of hydrogen-bond donors (Lipinski definition) is 0. The largest absolute Gasteiger partial charge is 0.462 e. The van der Waals surface area contributed by atoms with Crippen molar-refractivity contribution in [3.63, 3.8) is 0 Å². The van der Waals surface area contributed by atoms with E-state index in [0.717, 1.165) is 35.9 Å². The predicted molar refractivity (Wildman–Crippen MR) is 131 cm³/mol. The van der Waals surface area contributed by atoms with Crippen LogP contribution in [0.3, 0.4) is 0 Å². The Bertz CT molecular complexity index is 1140. The van der Waals surface area contributed by atoms with E-state index in [9.17, 15) is 4.79 Å². The Balaban J connectivity index is 1.56. The molecule has 1 amide bonds. The summed E-state index contributed by atoms with van der Waals surface area (Å²) < 4.78 is 13.9. The Morgan fingerprint density at radius 3 is 2.70 bits per heavy atom. The number of hydrogen-bond acceptors (Lipinski definition) is 4. The zero-order chi connectivity index (χ0) is 23.6. The second kappa shape index (κ2) is 9.82. The molecule has 1 atom stereocenters. The molecule has 1 aromatic heterocycles. The van der Waals surface area contributed by atoms with Crippen LogP contribution >= 0.6 is 23.2 Å². The number of likely N-dealkylation sites (tertiary alicyclic amines) is 1. The van der Waals surface area contributed by atoms with E-state index in [1.165, 1.54) is 0 Å². The highest BCUT2D eigenvalue weighted by Gasteiger charge is 2.31. The van der Waals surface area contributed by atoms with Gasteiger partial charge < -0.3 is 14.4 Å². The van der Waals surface area contributed by atoms with Crippen molar-refractivity contribution < 1.29 is 14.3 Å². The van der Waals surface area contributed by atoms with Crippen LogP contribution < -0.4 is 4.74 Å². The number of rotatable bonds is 5. The molecule has 1 aliphatic heterocycles. The third kappa shape index (κ3) is 5.74. The number of carbonyl (C=O) groups excluding carboxylic acids is 1. The SMILES string of the molecule is CC(C)(C)OC(=O)N1CCCC[C@H]1COc1nc2ccccc2n1Cc1ccc(Cl)cc1Cl. The molecule has 2 aromatic carbocycles. The molecule has 176 valence electrons. The summed E-state index contributed by atoms with van der Waals surface area (Å²) in [4.78, 5) is 19.2. The highest BCUT2D eigenvalue weighted by Crippen LogP contribution is 2.28. The molecule has 0 saturated carbocycles. The summed E-state index contributed by atoms with van der Waals surface area (Å²) in [6.45, 7) is 7.14. The Labute approximate surface area is 204 Å². The van der Waals surface area contributed by atoms with E-state index in [1.54, 1.807) is 11.0 Å². The van der Waals surface area contributed by atoms with Gasteiger partial charge in [0.1, 0.15) is 12.2 Å². The number of amides is 1. The lowest BCUT2D eigenvalue weighted by atomic mass is 10.0. The maximum atomic E-state index is 12.8. The first-order valence-electron chi connectivity index (χ1n) is 11.2. The fourth-order valence-electron chi connectivity index (χ4n) is 4.04. The lowest BCUT2D eigenvalue weighted by Crippen LogP contribution is -2.48. The summed E-state index contributed by atoms with van der Waals surface area (Å²) in [5.74, 6) is 0. The van der Waals surface area contributed by atoms with Crippen LogP contribution in [0.15, 0.2) is 42.5 Å². The van der Waals surface area contributed by atoms with Gasteiger partial charge in [0.15, 0.2) is 0 Å². The zero-order valence-corrected chi connectivity index (χ0v) is 20.7. The van der Waals surface area contributed by atoms with Gasteiger partial charge in [-0.25, -0.2) is 4.79 Å². The van der Waals surface area contributed by atoms with Crippen LogP contribution in [0.25, 0.3) is 11.0 Å². The Morgan fingerprint density at radius 1 is 1.15 bits per heavy atom. The summed E-state index contributed by atoms with van der Waals surface area (Å²) in [6.07, 6.45) is 2.58. The van der Waals surface area contributed by atoms with Gasteiger partial charge in [0.2, 0.25) is 0 Å². The molecule has 8 heteroatoms. The molecule has 4 rings (SSSR count). The van der Waals surface area contributed by atoms with Gasteiger partial charge in [-0.2, -0.15) is 4.98 Å². The molecular formula is C25H29Cl2N3O3. The number of carbonyl (C=O) groups is 1. The minimum atomic E-state index is -0.536. The molecule has 2 heterocycles. The van der Waals surface area contributed by atoms with Gasteiger partial charge in [0, 0.05) is 16.6 Å². The molecule has 1 aliphatic rings. The highest BCUT2D eigenvalue weighted by atomic mass is 35.5. The van der Waals surface area contributed by atoms with Crippen molar-refractivity contribution in [1.82, 2.24) is 14.5 Å². The lowest BCUT2D eigenvalue weighted by Gasteiger charge is -2.36. The van der Waals surface area contributed by atoms with Crippen LogP contribution in [0, 0.1) is 0 Å². The van der Waals surface area contributed by atoms with Gasteiger partial charge in [0.05, 0.1) is 23.6 Å². The maximum Gasteiger partial charge on any atom is 0.410 e. The number of ether oxygens (including phenoxy) is 2. The molecule has 0 bridgehead atoms. The number of piperidine rings is 1. The van der Waals surface area contributed by atoms with Crippen molar-refractivity contribution in [3.8, 4) is 6.01 Å². The molecule has 0 unspecified atom stereocenters. The molecule has 3 aromatic rings. The number of para-hydroxylation sites is 2. The minimum absolute atomic E-state index is 0.0685. The van der Waals surface area contributed by atoms with Gasteiger partial charge in [-0.05, 0) is 69.9 Å². The number of fused-ring (bicyclic) bond motifs is 1. The Morgan fingerprint density at radius 2 is 1.94 bits per heavy atom. The normalized spacial score (nSPS) is 16.8. The molecule has 1 saturated heterocycles. The van der Waals surface area contributed by atoms with E-state index in [0.29, 0.717) is 35.8 Å². The Kier molecular flexibility index (Phi) is 7.05. The molecule has 0 radical (unpaired) electrons. The van der Waals surface area contributed by atoms with Crippen molar-refractivity contribution in [2.24, 2.45) is 0 Å². The summed E-state index contributed by atoms with van der Waals surface area (Å²) in [5.41, 5.74) is 2.17. The maximum absolute atomic E-state index is 12.8. The topological polar surface area (TPSA) is 56.6 Å². The van der Waals surface area contributed by atoms with Crippen LogP contribution in [0.4, 0.5) is 4.79 Å². The molecule has 33 heavy (non-hydrogen) atoms. The standard InChI is InChI=1S/C25H29Cl2N3O3/c1-25(2,3)33-24(31)29-13-7-6-8-19(29)16-32-23-28-21-9-4-5-10-22(21)30(23)15-17-11-12-18(26)14-20(17)27/h4-5,9-12,14,19H,6-8,13,15-16H2,1-3H3/t19-/m0/s1. The predicted octanol–water partition coefficient (Wildman–Crippen LogP) is 6.56. The number of aromatic nitrogens is 2. The van der Waals surface area contributed by atoms with Crippen LogP contribution in [0.1, 0.15) is 45.6 Å². The van der Waals surface area contributed by atoms with Crippen molar-refractivity contribution in [2.75, 3.05) is 13.2 Å². The second-order valence-corrected chi connectivity index (χ2v) is 10.2. The summed E-state index contributed by atoms with van der Waals surface area (Å²) in [6, 6.07) is 13.8. The molecule has 6 nitrogen and oxygen atoms in total. The lowest BCUT2D eigenvalue weighted by molar-refractivity contribution is 0.00290. The first-order chi connectivity index (χ1) is 15.7. The van der Waals surface area contributed by atoms with Gasteiger partial charge in [-0.3, -0.25) is 4.57 Å². The monoisotopic (exact) mass is 489 g/mol.